The molecule has 0 aromatic carbocycles. The van der Waals surface area contributed by atoms with Crippen LogP contribution in [0.2, 0.25) is 0 Å². The van der Waals surface area contributed by atoms with Crippen molar-refractivity contribution in [3.63, 3.8) is 0 Å². The van der Waals surface area contributed by atoms with Crippen LogP contribution in [0.15, 0.2) is 18.3 Å². The zero-order valence-electron chi connectivity index (χ0n) is 9.21. The number of nitrogens with zero attached hydrogens (tertiary/aromatic N) is 2. The van der Waals surface area contributed by atoms with Crippen molar-refractivity contribution in [3.8, 4) is 0 Å². The summed E-state index contributed by atoms with van der Waals surface area (Å²) in [5.74, 6) is -1.58. The molecule has 1 aliphatic heterocycles. The Balaban J connectivity index is 1.83. The van der Waals surface area contributed by atoms with Crippen LogP contribution in [0, 0.1) is 12.3 Å². The van der Waals surface area contributed by atoms with Gasteiger partial charge in [0.2, 0.25) is 0 Å². The Bertz CT molecular complexity index is 433. The topological polar surface area (TPSA) is 16.1 Å². The molecule has 0 amide bonds. The smallest absolute Gasteiger partial charge is 0.256 e. The zero-order valence-corrected chi connectivity index (χ0v) is 9.21. The zero-order chi connectivity index (χ0) is 11.4. The maximum Gasteiger partial charge on any atom is 0.256 e. The molecule has 2 aliphatic rings. The fourth-order valence-corrected chi connectivity index (χ4v) is 2.69. The molecule has 2 fully saturated rings. The molecule has 1 saturated carbocycles. The van der Waals surface area contributed by atoms with Crippen LogP contribution in [0.3, 0.4) is 0 Å². The Morgan fingerprint density at radius 1 is 1.44 bits per heavy atom. The van der Waals surface area contributed by atoms with E-state index in [1.54, 1.807) is 6.20 Å². The van der Waals surface area contributed by atoms with E-state index in [2.05, 4.69) is 4.98 Å². The van der Waals surface area contributed by atoms with Gasteiger partial charge in [0.1, 0.15) is 5.82 Å². The normalized spacial score (nSPS) is 31.1. The van der Waals surface area contributed by atoms with E-state index >= 15 is 0 Å². The third-order valence-corrected chi connectivity index (χ3v) is 3.85. The van der Waals surface area contributed by atoms with E-state index in [1.165, 1.54) is 0 Å². The summed E-state index contributed by atoms with van der Waals surface area (Å²) >= 11 is 0. The number of rotatable bonds is 1. The van der Waals surface area contributed by atoms with Crippen LogP contribution in [-0.4, -0.2) is 24.0 Å². The Kier molecular flexibility index (Phi) is 1.83. The first-order valence-corrected chi connectivity index (χ1v) is 5.59. The molecule has 0 N–H and O–H groups in total. The molecule has 1 atom stereocenters. The van der Waals surface area contributed by atoms with E-state index in [1.807, 2.05) is 24.0 Å². The van der Waals surface area contributed by atoms with Crippen molar-refractivity contribution < 1.29 is 8.78 Å². The number of aryl methyl sites for hydroxylation is 1. The van der Waals surface area contributed by atoms with Gasteiger partial charge in [-0.25, -0.2) is 13.8 Å². The molecular weight excluding hydrogens is 210 g/mol. The molecule has 1 unspecified atom stereocenters. The summed E-state index contributed by atoms with van der Waals surface area (Å²) in [6, 6.07) is 3.84. The summed E-state index contributed by atoms with van der Waals surface area (Å²) in [5, 5.41) is 0. The molecule has 1 aliphatic carbocycles. The highest BCUT2D eigenvalue weighted by Gasteiger charge is 2.72. The first-order valence-electron chi connectivity index (χ1n) is 5.59. The van der Waals surface area contributed by atoms with E-state index in [-0.39, 0.29) is 6.42 Å². The minimum absolute atomic E-state index is 0.0579. The Labute approximate surface area is 93.3 Å². The fraction of sp³-hybridized carbons (Fsp3) is 0.583. The quantitative estimate of drug-likeness (QED) is 0.729. The van der Waals surface area contributed by atoms with Gasteiger partial charge in [0, 0.05) is 25.7 Å². The van der Waals surface area contributed by atoms with E-state index < -0.39 is 11.3 Å². The molecule has 86 valence electrons. The van der Waals surface area contributed by atoms with Crippen LogP contribution in [-0.2, 0) is 0 Å². The van der Waals surface area contributed by atoms with Gasteiger partial charge < -0.3 is 4.90 Å². The van der Waals surface area contributed by atoms with Crippen molar-refractivity contribution in [2.24, 2.45) is 5.41 Å². The largest absolute Gasteiger partial charge is 0.356 e. The van der Waals surface area contributed by atoms with Gasteiger partial charge in [-0.3, -0.25) is 0 Å². The van der Waals surface area contributed by atoms with Gasteiger partial charge in [-0.15, -0.1) is 0 Å². The van der Waals surface area contributed by atoms with Gasteiger partial charge in [0.05, 0.1) is 5.41 Å². The van der Waals surface area contributed by atoms with Crippen LogP contribution >= 0.6 is 0 Å². The number of hydrogen-bond acceptors (Lipinski definition) is 2. The molecule has 0 radical (unpaired) electrons. The molecule has 1 spiro atoms. The second-order valence-electron chi connectivity index (χ2n) is 4.98. The maximum absolute atomic E-state index is 13.2. The second-order valence-corrected chi connectivity index (χ2v) is 4.98. The van der Waals surface area contributed by atoms with E-state index in [9.17, 15) is 8.78 Å². The first kappa shape index (κ1) is 10.00. The lowest BCUT2D eigenvalue weighted by Crippen LogP contribution is -2.23. The number of hydrogen-bond donors (Lipinski definition) is 0. The van der Waals surface area contributed by atoms with Crippen molar-refractivity contribution in [1.82, 2.24) is 4.98 Å². The summed E-state index contributed by atoms with van der Waals surface area (Å²) in [4.78, 5) is 6.28. The van der Waals surface area contributed by atoms with Crippen LogP contribution in [0.1, 0.15) is 18.4 Å². The highest BCUT2D eigenvalue weighted by atomic mass is 19.3. The van der Waals surface area contributed by atoms with Crippen LogP contribution in [0.5, 0.6) is 0 Å². The summed E-state index contributed by atoms with van der Waals surface area (Å²) in [6.45, 7) is 3.13. The van der Waals surface area contributed by atoms with E-state index in [0.29, 0.717) is 19.5 Å². The van der Waals surface area contributed by atoms with Crippen molar-refractivity contribution in [2.45, 2.75) is 25.7 Å². The Morgan fingerprint density at radius 2 is 2.19 bits per heavy atom. The van der Waals surface area contributed by atoms with Gasteiger partial charge in [-0.05, 0) is 25.0 Å². The summed E-state index contributed by atoms with van der Waals surface area (Å²) in [6.07, 6.45) is 2.37. The average molecular weight is 224 g/mol. The predicted octanol–water partition coefficient (Wildman–Crippen LogP) is 2.63. The van der Waals surface area contributed by atoms with Gasteiger partial charge in [0.25, 0.3) is 5.92 Å². The lowest BCUT2D eigenvalue weighted by molar-refractivity contribution is 0.0711. The molecule has 3 rings (SSSR count). The van der Waals surface area contributed by atoms with Gasteiger partial charge in [0.15, 0.2) is 0 Å². The summed E-state index contributed by atoms with van der Waals surface area (Å²) < 4.78 is 26.5. The fourth-order valence-electron chi connectivity index (χ4n) is 2.69. The lowest BCUT2D eigenvalue weighted by atomic mass is 10.1. The first-order chi connectivity index (χ1) is 7.54. The van der Waals surface area contributed by atoms with Crippen molar-refractivity contribution in [3.05, 3.63) is 23.9 Å². The Morgan fingerprint density at radius 3 is 2.75 bits per heavy atom. The standard InChI is InChI=1S/C12H14F2N2/c1-9-3-2-5-15-10(9)16-6-4-11(8-16)7-12(11,13)14/h2-3,5H,4,6-8H2,1H3. The third kappa shape index (κ3) is 1.25. The third-order valence-electron chi connectivity index (χ3n) is 3.85. The van der Waals surface area contributed by atoms with E-state index in [4.69, 9.17) is 0 Å². The minimum Gasteiger partial charge on any atom is -0.356 e. The molecular formula is C12H14F2N2. The van der Waals surface area contributed by atoms with Crippen LogP contribution in [0.4, 0.5) is 14.6 Å². The van der Waals surface area contributed by atoms with E-state index in [0.717, 1.165) is 11.4 Å². The van der Waals surface area contributed by atoms with Crippen molar-refractivity contribution in [1.29, 1.82) is 0 Å². The average Bonchev–Trinajstić information content (AvgIpc) is 2.59. The number of anilines is 1. The summed E-state index contributed by atoms with van der Waals surface area (Å²) in [5.41, 5.74) is 0.320. The lowest BCUT2D eigenvalue weighted by Gasteiger charge is -2.19. The SMILES string of the molecule is Cc1cccnc1N1CCC2(C1)CC2(F)F. The highest BCUT2D eigenvalue weighted by Crippen LogP contribution is 2.65. The molecule has 2 nitrogen and oxygen atoms in total. The number of pyridine rings is 1. The molecule has 4 heteroatoms. The molecule has 1 saturated heterocycles. The molecule has 1 aromatic heterocycles. The number of alkyl halides is 2. The second kappa shape index (κ2) is 2.93. The molecule has 0 bridgehead atoms. The monoisotopic (exact) mass is 224 g/mol. The van der Waals surface area contributed by atoms with Gasteiger partial charge in [-0.1, -0.05) is 6.07 Å². The summed E-state index contributed by atoms with van der Waals surface area (Å²) in [7, 11) is 0. The van der Waals surface area contributed by atoms with Crippen molar-refractivity contribution in [2.75, 3.05) is 18.0 Å². The van der Waals surface area contributed by atoms with Crippen LogP contribution in [0.25, 0.3) is 0 Å². The minimum atomic E-state index is -2.44. The van der Waals surface area contributed by atoms with Gasteiger partial charge >= 0.3 is 0 Å². The Hall–Kier alpha value is -1.19. The van der Waals surface area contributed by atoms with Crippen molar-refractivity contribution >= 4 is 5.82 Å². The number of halogens is 2. The molecule has 1 aromatic rings. The van der Waals surface area contributed by atoms with Crippen LogP contribution < -0.4 is 4.90 Å². The maximum atomic E-state index is 13.2. The number of aromatic nitrogens is 1. The highest BCUT2D eigenvalue weighted by molar-refractivity contribution is 5.48. The predicted molar refractivity (Wildman–Crippen MR) is 57.8 cm³/mol. The molecule has 2 heterocycles. The molecule has 16 heavy (non-hydrogen) atoms. The van der Waals surface area contributed by atoms with Gasteiger partial charge in [-0.2, -0.15) is 0 Å².